The molecule has 4 heteroatoms. The van der Waals surface area contributed by atoms with Crippen molar-refractivity contribution in [3.63, 3.8) is 0 Å². The molecule has 2 rings (SSSR count). The van der Waals surface area contributed by atoms with Gasteiger partial charge < -0.3 is 5.73 Å². The minimum atomic E-state index is -0.350. The van der Waals surface area contributed by atoms with Crippen LogP contribution in [0.3, 0.4) is 0 Å². The molecule has 0 saturated carbocycles. The summed E-state index contributed by atoms with van der Waals surface area (Å²) < 4.78 is 2.21. The van der Waals surface area contributed by atoms with Crippen LogP contribution in [0, 0.1) is 0 Å². The van der Waals surface area contributed by atoms with Gasteiger partial charge in [-0.05, 0) is 52.0 Å². The number of hydrogen-bond donors (Lipinski definition) is 1. The molecule has 1 atom stereocenters. The zero-order chi connectivity index (χ0) is 12.5. The van der Waals surface area contributed by atoms with Crippen molar-refractivity contribution in [2.75, 3.05) is 0 Å². The molecule has 1 aromatic carbocycles. The van der Waals surface area contributed by atoms with E-state index < -0.39 is 0 Å². The van der Waals surface area contributed by atoms with Crippen molar-refractivity contribution in [3.8, 4) is 0 Å². The Hall–Kier alpha value is -0.160. The number of benzene rings is 1. The summed E-state index contributed by atoms with van der Waals surface area (Å²) in [4.78, 5) is 1.29. The molecule has 0 fully saturated rings. The lowest BCUT2D eigenvalue weighted by molar-refractivity contribution is 0.494. The molecule has 0 aliphatic carbocycles. The lowest BCUT2D eigenvalue weighted by atomic mass is 9.89. The lowest BCUT2D eigenvalue weighted by Crippen LogP contribution is -2.35. The quantitative estimate of drug-likeness (QED) is 0.828. The third-order valence-electron chi connectivity index (χ3n) is 2.70. The highest BCUT2D eigenvalue weighted by atomic mass is 79.9. The second-order valence-electron chi connectivity index (χ2n) is 4.30. The van der Waals surface area contributed by atoms with E-state index in [1.54, 1.807) is 11.3 Å². The third kappa shape index (κ3) is 3.19. The smallest absolute Gasteiger partial charge is 0.0430 e. The Morgan fingerprint density at radius 1 is 1.29 bits per heavy atom. The monoisotopic (exact) mass is 373 g/mol. The van der Waals surface area contributed by atoms with Gasteiger partial charge in [0.1, 0.15) is 0 Å². The number of thiophene rings is 1. The van der Waals surface area contributed by atoms with E-state index in [1.165, 1.54) is 4.88 Å². The molecule has 0 aliphatic heterocycles. The van der Waals surface area contributed by atoms with Crippen LogP contribution in [0.15, 0.2) is 44.7 Å². The minimum Gasteiger partial charge on any atom is -0.321 e. The molecule has 0 radical (unpaired) electrons. The van der Waals surface area contributed by atoms with E-state index >= 15 is 0 Å². The van der Waals surface area contributed by atoms with Gasteiger partial charge in [-0.15, -0.1) is 11.3 Å². The highest BCUT2D eigenvalue weighted by Crippen LogP contribution is 2.31. The Morgan fingerprint density at radius 3 is 2.65 bits per heavy atom. The molecule has 0 saturated heterocycles. The Morgan fingerprint density at radius 2 is 2.06 bits per heavy atom. The molecular formula is C13H13Br2NS. The first-order valence-electron chi connectivity index (χ1n) is 5.26. The van der Waals surface area contributed by atoms with Crippen LogP contribution < -0.4 is 5.73 Å². The van der Waals surface area contributed by atoms with Crippen molar-refractivity contribution in [2.45, 2.75) is 18.9 Å². The number of nitrogens with two attached hydrogens (primary N) is 1. The zero-order valence-corrected chi connectivity index (χ0v) is 13.4. The first-order valence-corrected chi connectivity index (χ1v) is 7.72. The largest absolute Gasteiger partial charge is 0.321 e. The standard InChI is InChI=1S/C13H13Br2NS/c1-13(16,8-12-11(15)5-6-17-12)9-3-2-4-10(14)7-9/h2-7H,8,16H2,1H3. The van der Waals surface area contributed by atoms with Gasteiger partial charge in [-0.2, -0.15) is 0 Å². The molecule has 2 N–H and O–H groups in total. The van der Waals surface area contributed by atoms with Gasteiger partial charge in [-0.3, -0.25) is 0 Å². The van der Waals surface area contributed by atoms with Gasteiger partial charge in [-0.1, -0.05) is 28.1 Å². The van der Waals surface area contributed by atoms with Crippen molar-refractivity contribution in [1.82, 2.24) is 0 Å². The van der Waals surface area contributed by atoms with Crippen molar-refractivity contribution in [2.24, 2.45) is 5.73 Å². The SMILES string of the molecule is CC(N)(Cc1sccc1Br)c1cccc(Br)c1. The first-order chi connectivity index (χ1) is 7.99. The Labute approximate surface area is 122 Å². The summed E-state index contributed by atoms with van der Waals surface area (Å²) in [5.74, 6) is 0. The van der Waals surface area contributed by atoms with Crippen LogP contribution in [0.1, 0.15) is 17.4 Å². The van der Waals surface area contributed by atoms with E-state index in [9.17, 15) is 0 Å². The lowest BCUT2D eigenvalue weighted by Gasteiger charge is -2.25. The Balaban J connectivity index is 2.27. The highest BCUT2D eigenvalue weighted by molar-refractivity contribution is 9.10. The maximum Gasteiger partial charge on any atom is 0.0430 e. The van der Waals surface area contributed by atoms with Crippen molar-refractivity contribution >= 4 is 43.2 Å². The fourth-order valence-electron chi connectivity index (χ4n) is 1.73. The molecule has 17 heavy (non-hydrogen) atoms. The number of halogens is 2. The van der Waals surface area contributed by atoms with Crippen LogP contribution in [-0.2, 0) is 12.0 Å². The summed E-state index contributed by atoms with van der Waals surface area (Å²) >= 11 is 8.77. The average molecular weight is 375 g/mol. The summed E-state index contributed by atoms with van der Waals surface area (Å²) in [5, 5.41) is 2.08. The maximum absolute atomic E-state index is 6.43. The Bertz CT molecular complexity index is 520. The van der Waals surface area contributed by atoms with Gasteiger partial charge in [0.05, 0.1) is 0 Å². The molecular weight excluding hydrogens is 362 g/mol. The topological polar surface area (TPSA) is 26.0 Å². The normalized spacial score (nSPS) is 14.6. The molecule has 90 valence electrons. The van der Waals surface area contributed by atoms with Gasteiger partial charge in [0.2, 0.25) is 0 Å². The predicted octanol–water partition coefficient (Wildman–Crippen LogP) is 4.69. The second-order valence-corrected chi connectivity index (χ2v) is 7.07. The van der Waals surface area contributed by atoms with Gasteiger partial charge in [0.25, 0.3) is 0 Å². The molecule has 0 aliphatic rings. The number of hydrogen-bond acceptors (Lipinski definition) is 2. The van der Waals surface area contributed by atoms with E-state index in [1.807, 2.05) is 12.1 Å². The van der Waals surface area contributed by atoms with E-state index in [4.69, 9.17) is 5.73 Å². The highest BCUT2D eigenvalue weighted by Gasteiger charge is 2.23. The van der Waals surface area contributed by atoms with Gasteiger partial charge in [-0.25, -0.2) is 0 Å². The fraction of sp³-hybridized carbons (Fsp3) is 0.231. The van der Waals surface area contributed by atoms with Crippen LogP contribution in [0.25, 0.3) is 0 Å². The van der Waals surface area contributed by atoms with Crippen molar-refractivity contribution in [3.05, 3.63) is 55.1 Å². The van der Waals surface area contributed by atoms with E-state index in [2.05, 4.69) is 62.4 Å². The first kappa shape index (κ1) is 13.3. The molecule has 1 unspecified atom stereocenters. The van der Waals surface area contributed by atoms with Crippen LogP contribution in [0.5, 0.6) is 0 Å². The number of rotatable bonds is 3. The van der Waals surface area contributed by atoms with Crippen LogP contribution in [0.4, 0.5) is 0 Å². The molecule has 0 spiro atoms. The summed E-state index contributed by atoms with van der Waals surface area (Å²) in [5.41, 5.74) is 7.23. The van der Waals surface area contributed by atoms with Gasteiger partial charge >= 0.3 is 0 Å². The van der Waals surface area contributed by atoms with Crippen molar-refractivity contribution < 1.29 is 0 Å². The van der Waals surface area contributed by atoms with Crippen LogP contribution >= 0.6 is 43.2 Å². The average Bonchev–Trinajstić information content (AvgIpc) is 2.64. The van der Waals surface area contributed by atoms with E-state index in [0.717, 1.165) is 20.9 Å². The van der Waals surface area contributed by atoms with Crippen LogP contribution in [0.2, 0.25) is 0 Å². The molecule has 1 nitrogen and oxygen atoms in total. The maximum atomic E-state index is 6.43. The van der Waals surface area contributed by atoms with Crippen LogP contribution in [-0.4, -0.2) is 0 Å². The summed E-state index contributed by atoms with van der Waals surface area (Å²) in [6.45, 7) is 2.07. The summed E-state index contributed by atoms with van der Waals surface area (Å²) in [7, 11) is 0. The Kier molecular flexibility index (Phi) is 4.08. The summed E-state index contributed by atoms with van der Waals surface area (Å²) in [6.07, 6.45) is 0.835. The molecule has 1 heterocycles. The third-order valence-corrected chi connectivity index (χ3v) is 5.12. The zero-order valence-electron chi connectivity index (χ0n) is 9.41. The molecule has 0 bridgehead atoms. The van der Waals surface area contributed by atoms with Gasteiger partial charge in [0.15, 0.2) is 0 Å². The minimum absolute atomic E-state index is 0.350. The van der Waals surface area contributed by atoms with Gasteiger partial charge in [0, 0.05) is 25.8 Å². The van der Waals surface area contributed by atoms with Crippen molar-refractivity contribution in [1.29, 1.82) is 0 Å². The molecule has 1 aromatic heterocycles. The summed E-state index contributed by atoms with van der Waals surface area (Å²) in [6, 6.07) is 10.3. The van der Waals surface area contributed by atoms with E-state index in [-0.39, 0.29) is 5.54 Å². The van der Waals surface area contributed by atoms with E-state index in [0.29, 0.717) is 0 Å². The second kappa shape index (κ2) is 5.22. The molecule has 2 aromatic rings. The molecule has 0 amide bonds. The fourth-order valence-corrected chi connectivity index (χ4v) is 3.79. The predicted molar refractivity (Wildman–Crippen MR) is 81.4 cm³/mol.